The Morgan fingerprint density at radius 3 is 2.58 bits per heavy atom. The van der Waals surface area contributed by atoms with Gasteiger partial charge in [0, 0.05) is 49.0 Å². The number of alkyl halides is 3. The highest BCUT2D eigenvalue weighted by Gasteiger charge is 2.47. The molecule has 1 spiro atoms. The van der Waals surface area contributed by atoms with Crippen LogP contribution in [-0.4, -0.2) is 73.9 Å². The van der Waals surface area contributed by atoms with Crippen molar-refractivity contribution in [3.8, 4) is 0 Å². The number of likely N-dealkylation sites (tertiary alicyclic amines) is 2. The van der Waals surface area contributed by atoms with Gasteiger partial charge in [0.15, 0.2) is 17.4 Å². The predicted molar refractivity (Wildman–Crippen MR) is 111 cm³/mol. The molecule has 1 saturated carbocycles. The second-order valence-corrected chi connectivity index (χ2v) is 9.28. The van der Waals surface area contributed by atoms with Crippen molar-refractivity contribution in [2.75, 3.05) is 19.6 Å². The number of ether oxygens (including phenoxy) is 1. The summed E-state index contributed by atoms with van der Waals surface area (Å²) in [6, 6.07) is 3.66. The van der Waals surface area contributed by atoms with Gasteiger partial charge in [0.1, 0.15) is 0 Å². The monoisotopic (exact) mass is 465 g/mol. The average molecular weight is 465 g/mol. The molecule has 0 N–H and O–H groups in total. The molecule has 2 saturated heterocycles. The Balaban J connectivity index is 1.29. The summed E-state index contributed by atoms with van der Waals surface area (Å²) < 4.78 is 44.5. The van der Waals surface area contributed by atoms with Crippen molar-refractivity contribution < 1.29 is 27.5 Å². The first-order valence-electron chi connectivity index (χ1n) is 11.4. The van der Waals surface area contributed by atoms with Crippen LogP contribution in [-0.2, 0) is 4.74 Å². The lowest BCUT2D eigenvalue weighted by molar-refractivity contribution is -0.200. The molecule has 2 aromatic heterocycles. The van der Waals surface area contributed by atoms with Crippen molar-refractivity contribution in [3.63, 3.8) is 0 Å². The first-order valence-corrected chi connectivity index (χ1v) is 11.4. The summed E-state index contributed by atoms with van der Waals surface area (Å²) in [5, 5.41) is 4.57. The van der Waals surface area contributed by atoms with Gasteiger partial charge in [-0.25, -0.2) is 14.3 Å². The smallest absolute Gasteiger partial charge is 0.425 e. The minimum atomic E-state index is -4.59. The van der Waals surface area contributed by atoms with Crippen LogP contribution < -0.4 is 0 Å². The molecule has 0 radical (unpaired) electrons. The topological polar surface area (TPSA) is 80.0 Å². The maximum Gasteiger partial charge on any atom is 0.425 e. The molecule has 3 aliphatic rings. The summed E-state index contributed by atoms with van der Waals surface area (Å²) in [6.45, 7) is 1.89. The summed E-state index contributed by atoms with van der Waals surface area (Å²) >= 11 is 0. The van der Waals surface area contributed by atoms with Crippen LogP contribution in [0.1, 0.15) is 67.5 Å². The van der Waals surface area contributed by atoms with Crippen LogP contribution in [0.2, 0.25) is 0 Å². The summed E-state index contributed by atoms with van der Waals surface area (Å²) in [5.41, 5.74) is 1.63. The molecule has 1 unspecified atom stereocenters. The molecule has 178 valence electrons. The first-order chi connectivity index (χ1) is 15.7. The second kappa shape index (κ2) is 7.88. The predicted octanol–water partition coefficient (Wildman–Crippen LogP) is 3.76. The van der Waals surface area contributed by atoms with Crippen LogP contribution >= 0.6 is 0 Å². The summed E-state index contributed by atoms with van der Waals surface area (Å²) in [6.07, 6.45) is -1.15. The standard InChI is InChI=1S/C22H26F3N5O3/c1-14(22(23,24)25)33-20(32)28-11-7-21(8-12-28)6-2-10-29(21)19(31)16-13-18-26-9-5-17(15-3-4-15)30(18)27-16/h5,9,13-15H,2-4,6-8,10-12H2,1H3. The van der Waals surface area contributed by atoms with E-state index in [1.165, 1.54) is 4.90 Å². The molecule has 3 fully saturated rings. The van der Waals surface area contributed by atoms with Crippen molar-refractivity contribution in [1.82, 2.24) is 24.4 Å². The number of carbonyl (C=O) groups excluding carboxylic acids is 2. The number of aromatic nitrogens is 3. The summed E-state index contributed by atoms with van der Waals surface area (Å²) in [4.78, 5) is 33.1. The van der Waals surface area contributed by atoms with Crippen molar-refractivity contribution in [3.05, 3.63) is 29.7 Å². The molecule has 2 aliphatic heterocycles. The molecular formula is C22H26F3N5O3. The fourth-order valence-electron chi connectivity index (χ4n) is 5.02. The Bertz CT molecular complexity index is 1070. The molecule has 4 heterocycles. The molecule has 1 aliphatic carbocycles. The van der Waals surface area contributed by atoms with E-state index in [9.17, 15) is 22.8 Å². The molecular weight excluding hydrogens is 439 g/mol. The first kappa shape index (κ1) is 22.0. The Morgan fingerprint density at radius 1 is 1.18 bits per heavy atom. The third-order valence-electron chi connectivity index (χ3n) is 7.13. The number of halogens is 3. The number of hydrogen-bond donors (Lipinski definition) is 0. The number of carbonyl (C=O) groups is 2. The zero-order chi connectivity index (χ0) is 23.4. The van der Waals surface area contributed by atoms with E-state index >= 15 is 0 Å². The van der Waals surface area contributed by atoms with E-state index in [1.54, 1.807) is 16.8 Å². The molecule has 1 atom stereocenters. The molecule has 11 heteroatoms. The second-order valence-electron chi connectivity index (χ2n) is 9.28. The van der Waals surface area contributed by atoms with Gasteiger partial charge in [0.25, 0.3) is 5.91 Å². The fraction of sp³-hybridized carbons (Fsp3) is 0.636. The van der Waals surface area contributed by atoms with Crippen LogP contribution in [0.3, 0.4) is 0 Å². The zero-order valence-corrected chi connectivity index (χ0v) is 18.3. The third kappa shape index (κ3) is 4.02. The van der Waals surface area contributed by atoms with E-state index in [0.29, 0.717) is 36.6 Å². The highest BCUT2D eigenvalue weighted by molar-refractivity contribution is 5.94. The Kier molecular flexibility index (Phi) is 5.24. The van der Waals surface area contributed by atoms with Crippen LogP contribution in [0.25, 0.3) is 5.65 Å². The maximum atomic E-state index is 13.5. The van der Waals surface area contributed by atoms with Gasteiger partial charge < -0.3 is 14.5 Å². The zero-order valence-electron chi connectivity index (χ0n) is 18.3. The Labute approximate surface area is 188 Å². The maximum absolute atomic E-state index is 13.5. The lowest BCUT2D eigenvalue weighted by Crippen LogP contribution is -2.55. The highest BCUT2D eigenvalue weighted by atomic mass is 19.4. The van der Waals surface area contributed by atoms with Gasteiger partial charge in [-0.2, -0.15) is 18.3 Å². The lowest BCUT2D eigenvalue weighted by Gasteiger charge is -2.44. The van der Waals surface area contributed by atoms with Gasteiger partial charge in [-0.05, 0) is 51.5 Å². The van der Waals surface area contributed by atoms with Crippen molar-refractivity contribution >= 4 is 17.6 Å². The van der Waals surface area contributed by atoms with Crippen molar-refractivity contribution in [2.45, 2.75) is 69.2 Å². The van der Waals surface area contributed by atoms with Gasteiger partial charge >= 0.3 is 12.3 Å². The van der Waals surface area contributed by atoms with Gasteiger partial charge in [-0.1, -0.05) is 0 Å². The fourth-order valence-corrected chi connectivity index (χ4v) is 5.02. The van der Waals surface area contributed by atoms with E-state index in [0.717, 1.165) is 38.3 Å². The quantitative estimate of drug-likeness (QED) is 0.690. The number of piperidine rings is 1. The van der Waals surface area contributed by atoms with Crippen LogP contribution in [0.4, 0.5) is 18.0 Å². The minimum absolute atomic E-state index is 0.165. The number of fused-ring (bicyclic) bond motifs is 1. The number of nitrogens with zero attached hydrogens (tertiary/aromatic N) is 5. The molecule has 8 nitrogen and oxygen atoms in total. The van der Waals surface area contributed by atoms with Crippen LogP contribution in [0.15, 0.2) is 18.3 Å². The molecule has 2 aromatic rings. The molecule has 33 heavy (non-hydrogen) atoms. The van der Waals surface area contributed by atoms with Crippen molar-refractivity contribution in [2.24, 2.45) is 0 Å². The van der Waals surface area contributed by atoms with E-state index in [4.69, 9.17) is 0 Å². The third-order valence-corrected chi connectivity index (χ3v) is 7.13. The van der Waals surface area contributed by atoms with Crippen molar-refractivity contribution in [1.29, 1.82) is 0 Å². The van der Waals surface area contributed by atoms with Crippen LogP contribution in [0, 0.1) is 0 Å². The number of amides is 2. The number of rotatable bonds is 3. The summed E-state index contributed by atoms with van der Waals surface area (Å²) in [5.74, 6) is 0.294. The Hall–Kier alpha value is -2.85. The molecule has 2 amide bonds. The van der Waals surface area contributed by atoms with E-state index in [2.05, 4.69) is 14.8 Å². The van der Waals surface area contributed by atoms with Gasteiger partial charge in [0.2, 0.25) is 0 Å². The average Bonchev–Trinajstić information content (AvgIpc) is 3.40. The molecule has 0 bridgehead atoms. The highest BCUT2D eigenvalue weighted by Crippen LogP contribution is 2.41. The van der Waals surface area contributed by atoms with Gasteiger partial charge in [-0.15, -0.1) is 0 Å². The van der Waals surface area contributed by atoms with E-state index < -0.39 is 23.9 Å². The van der Waals surface area contributed by atoms with Gasteiger partial charge in [0.05, 0.1) is 0 Å². The largest absolute Gasteiger partial charge is 0.437 e. The Morgan fingerprint density at radius 2 is 1.91 bits per heavy atom. The SMILES string of the molecule is CC(OC(=O)N1CCC2(CCCN2C(=O)c2cc3nccc(C4CC4)n3n2)CC1)C(F)(F)F. The molecule has 0 aromatic carbocycles. The lowest BCUT2D eigenvalue weighted by atomic mass is 9.85. The van der Waals surface area contributed by atoms with Gasteiger partial charge in [-0.3, -0.25) is 4.79 Å². The van der Waals surface area contributed by atoms with E-state index in [-0.39, 0.29) is 19.0 Å². The van der Waals surface area contributed by atoms with Crippen LogP contribution in [0.5, 0.6) is 0 Å². The normalized spacial score (nSPS) is 21.6. The molecule has 5 rings (SSSR count). The van der Waals surface area contributed by atoms with E-state index in [1.807, 2.05) is 11.0 Å². The minimum Gasteiger partial charge on any atom is -0.437 e. The number of hydrogen-bond acceptors (Lipinski definition) is 5. The summed E-state index contributed by atoms with van der Waals surface area (Å²) in [7, 11) is 0.